The molecule has 0 radical (unpaired) electrons. The van der Waals surface area contributed by atoms with E-state index in [0.29, 0.717) is 12.5 Å². The topological polar surface area (TPSA) is 35.0 Å². The Bertz CT molecular complexity index is 688. The number of hydrogen-bond acceptors (Lipinski definition) is 3. The van der Waals surface area contributed by atoms with Gasteiger partial charge in [-0.2, -0.15) is 0 Å². The fourth-order valence-electron chi connectivity index (χ4n) is 4.46. The van der Waals surface area contributed by atoms with Crippen LogP contribution >= 0.6 is 0 Å². The van der Waals surface area contributed by atoms with Crippen molar-refractivity contribution in [1.29, 1.82) is 0 Å². The number of rotatable bonds is 11. The van der Waals surface area contributed by atoms with Crippen LogP contribution in [0.15, 0.2) is 36.4 Å². The third kappa shape index (κ3) is 7.13. The van der Waals surface area contributed by atoms with E-state index in [1.807, 2.05) is 12.1 Å². The zero-order valence-corrected chi connectivity index (χ0v) is 18.4. The van der Waals surface area contributed by atoms with Crippen LogP contribution < -0.4 is 4.74 Å². The lowest BCUT2D eigenvalue weighted by Gasteiger charge is -2.28. The molecule has 1 aromatic carbocycles. The summed E-state index contributed by atoms with van der Waals surface area (Å²) in [5, 5.41) is 8.48. The fourth-order valence-corrected chi connectivity index (χ4v) is 4.46. The lowest BCUT2D eigenvalue weighted by molar-refractivity contribution is 0.249. The molecule has 3 nitrogen and oxygen atoms in total. The summed E-state index contributed by atoms with van der Waals surface area (Å²) in [5.41, 5.74) is 3.47. The van der Waals surface area contributed by atoms with Gasteiger partial charge in [-0.1, -0.05) is 89.5 Å². The first-order valence-electron chi connectivity index (χ1n) is 11.8. The molecule has 0 bridgehead atoms. The van der Waals surface area contributed by atoms with Crippen LogP contribution in [0.3, 0.4) is 0 Å². The highest BCUT2D eigenvalue weighted by atomic mass is 16.5. The molecule has 1 aliphatic rings. The molecule has 1 fully saturated rings. The summed E-state index contributed by atoms with van der Waals surface area (Å²) in [7, 11) is 0. The molecule has 1 aromatic heterocycles. The number of aromatic nitrogens is 2. The van der Waals surface area contributed by atoms with E-state index >= 15 is 0 Å². The van der Waals surface area contributed by atoms with Gasteiger partial charge >= 0.3 is 0 Å². The summed E-state index contributed by atoms with van der Waals surface area (Å²) in [5.74, 6) is 2.54. The summed E-state index contributed by atoms with van der Waals surface area (Å²) in [6, 6.07) is 12.8. The van der Waals surface area contributed by atoms with Crippen LogP contribution in [0, 0.1) is 11.8 Å². The Hall–Kier alpha value is -1.90. The Morgan fingerprint density at radius 1 is 0.793 bits per heavy atom. The van der Waals surface area contributed by atoms with Crippen molar-refractivity contribution in [3.8, 4) is 17.1 Å². The molecule has 29 heavy (non-hydrogen) atoms. The van der Waals surface area contributed by atoms with Gasteiger partial charge in [-0.25, -0.2) is 0 Å². The van der Waals surface area contributed by atoms with Crippen molar-refractivity contribution in [1.82, 2.24) is 10.2 Å². The second kappa shape index (κ2) is 11.9. The predicted octanol–water partition coefficient (Wildman–Crippen LogP) is 7.25. The van der Waals surface area contributed by atoms with Gasteiger partial charge in [0.25, 0.3) is 0 Å². The minimum atomic E-state index is 0.604. The van der Waals surface area contributed by atoms with Gasteiger partial charge in [0.15, 0.2) is 0 Å². The molecule has 158 valence electrons. The Morgan fingerprint density at radius 2 is 1.52 bits per heavy atom. The number of benzene rings is 1. The van der Waals surface area contributed by atoms with Gasteiger partial charge in [0.2, 0.25) is 5.88 Å². The summed E-state index contributed by atoms with van der Waals surface area (Å²) in [6.45, 7) is 5.07. The molecule has 0 atom stereocenters. The molecule has 3 heteroatoms. The Labute approximate surface area is 177 Å². The summed E-state index contributed by atoms with van der Waals surface area (Å²) in [4.78, 5) is 0. The first-order valence-corrected chi connectivity index (χ1v) is 11.8. The average Bonchev–Trinajstić information content (AvgIpc) is 2.78. The second-order valence-electron chi connectivity index (χ2n) is 8.72. The van der Waals surface area contributed by atoms with Crippen LogP contribution in [-0.4, -0.2) is 16.8 Å². The summed E-state index contributed by atoms with van der Waals surface area (Å²) < 4.78 is 5.51. The quantitative estimate of drug-likeness (QED) is 0.376. The van der Waals surface area contributed by atoms with Crippen LogP contribution in [0.2, 0.25) is 0 Å². The molecular weight excluding hydrogens is 356 g/mol. The van der Waals surface area contributed by atoms with Gasteiger partial charge in [0.1, 0.15) is 0 Å². The van der Waals surface area contributed by atoms with E-state index in [4.69, 9.17) is 4.74 Å². The highest BCUT2D eigenvalue weighted by Gasteiger charge is 2.20. The molecule has 0 aliphatic heterocycles. The molecule has 1 saturated carbocycles. The smallest absolute Gasteiger partial charge is 0.233 e. The van der Waals surface area contributed by atoms with Gasteiger partial charge in [-0.15, -0.1) is 10.2 Å². The zero-order chi connectivity index (χ0) is 20.3. The minimum absolute atomic E-state index is 0.604. The Balaban J connectivity index is 1.42. The van der Waals surface area contributed by atoms with Crippen molar-refractivity contribution in [2.24, 2.45) is 11.8 Å². The number of nitrogens with zero attached hydrogens (tertiary/aromatic N) is 2. The van der Waals surface area contributed by atoms with Crippen LogP contribution in [0.5, 0.6) is 5.88 Å². The number of aryl methyl sites for hydroxylation is 1. The highest BCUT2D eigenvalue weighted by molar-refractivity contribution is 5.59. The van der Waals surface area contributed by atoms with E-state index in [0.717, 1.165) is 29.5 Å². The second-order valence-corrected chi connectivity index (χ2v) is 8.72. The molecule has 0 amide bonds. The molecule has 1 heterocycles. The summed E-state index contributed by atoms with van der Waals surface area (Å²) >= 11 is 0. The largest absolute Gasteiger partial charge is 0.477 e. The van der Waals surface area contributed by atoms with Crippen molar-refractivity contribution in [3.05, 3.63) is 42.0 Å². The minimum Gasteiger partial charge on any atom is -0.477 e. The maximum atomic E-state index is 5.51. The number of unbranched alkanes of at least 4 members (excludes halogenated alkanes) is 2. The van der Waals surface area contributed by atoms with Crippen LogP contribution in [0.4, 0.5) is 0 Å². The first-order chi connectivity index (χ1) is 14.3. The van der Waals surface area contributed by atoms with E-state index in [1.165, 1.54) is 69.8 Å². The van der Waals surface area contributed by atoms with Gasteiger partial charge in [-0.3, -0.25) is 0 Å². The summed E-state index contributed by atoms with van der Waals surface area (Å²) in [6.07, 6.45) is 15.0. The Morgan fingerprint density at radius 3 is 2.14 bits per heavy atom. The third-order valence-electron chi connectivity index (χ3n) is 6.37. The van der Waals surface area contributed by atoms with Gasteiger partial charge in [0, 0.05) is 11.6 Å². The van der Waals surface area contributed by atoms with E-state index in [1.54, 1.807) is 0 Å². The molecular formula is C26H38N2O. The zero-order valence-electron chi connectivity index (χ0n) is 18.4. The average molecular weight is 395 g/mol. The van der Waals surface area contributed by atoms with E-state index in [2.05, 4.69) is 48.3 Å². The lowest BCUT2D eigenvalue weighted by Crippen LogP contribution is -2.15. The standard InChI is InChI=1S/C26H38N2O/c1-3-5-6-7-21-8-10-22(11-9-21)12-13-23-14-16-24(17-15-23)25-18-19-26(28-27-25)29-20-4-2/h14-19,21-22H,3-13,20H2,1-2H3/t21-,22-. The number of hydrogen-bond donors (Lipinski definition) is 0. The number of ether oxygens (including phenoxy) is 1. The monoisotopic (exact) mass is 394 g/mol. The van der Waals surface area contributed by atoms with Crippen molar-refractivity contribution in [2.45, 2.75) is 84.5 Å². The SMILES string of the molecule is CCCCC[C@H]1CC[C@H](CCc2ccc(-c3ccc(OCCC)nn3)cc2)CC1. The van der Waals surface area contributed by atoms with Gasteiger partial charge < -0.3 is 4.74 Å². The molecule has 2 aromatic rings. The molecule has 3 rings (SSSR count). The van der Waals surface area contributed by atoms with Crippen LogP contribution in [0.25, 0.3) is 11.3 Å². The molecule has 0 spiro atoms. The molecule has 0 N–H and O–H groups in total. The normalized spacial score (nSPS) is 19.2. The van der Waals surface area contributed by atoms with Crippen LogP contribution in [0.1, 0.15) is 83.6 Å². The first kappa shape index (κ1) is 21.8. The third-order valence-corrected chi connectivity index (χ3v) is 6.37. The van der Waals surface area contributed by atoms with Gasteiger partial charge in [-0.05, 0) is 42.7 Å². The van der Waals surface area contributed by atoms with Crippen molar-refractivity contribution < 1.29 is 4.74 Å². The molecule has 0 saturated heterocycles. The molecule has 1 aliphatic carbocycles. The highest BCUT2D eigenvalue weighted by Crippen LogP contribution is 2.34. The van der Waals surface area contributed by atoms with E-state index in [9.17, 15) is 0 Å². The predicted molar refractivity (Wildman–Crippen MR) is 121 cm³/mol. The Kier molecular flexibility index (Phi) is 8.98. The lowest BCUT2D eigenvalue weighted by atomic mass is 9.78. The fraction of sp³-hybridized carbons (Fsp3) is 0.615. The van der Waals surface area contributed by atoms with Gasteiger partial charge in [0.05, 0.1) is 12.3 Å². The van der Waals surface area contributed by atoms with Crippen molar-refractivity contribution >= 4 is 0 Å². The molecule has 0 unspecified atom stereocenters. The van der Waals surface area contributed by atoms with Crippen molar-refractivity contribution in [3.63, 3.8) is 0 Å². The van der Waals surface area contributed by atoms with E-state index < -0.39 is 0 Å². The van der Waals surface area contributed by atoms with Crippen molar-refractivity contribution in [2.75, 3.05) is 6.61 Å². The maximum absolute atomic E-state index is 5.51. The maximum Gasteiger partial charge on any atom is 0.233 e. The van der Waals surface area contributed by atoms with E-state index in [-0.39, 0.29) is 0 Å². The van der Waals surface area contributed by atoms with Crippen LogP contribution in [-0.2, 0) is 6.42 Å².